The highest BCUT2D eigenvalue weighted by Gasteiger charge is 2.25. The Hall–Kier alpha value is -1.91. The van der Waals surface area contributed by atoms with Crippen molar-refractivity contribution in [2.75, 3.05) is 6.61 Å². The summed E-state index contributed by atoms with van der Waals surface area (Å²) in [6.45, 7) is 7.23. The van der Waals surface area contributed by atoms with Gasteiger partial charge in [-0.05, 0) is 56.4 Å². The van der Waals surface area contributed by atoms with Crippen LogP contribution in [0.25, 0.3) is 10.9 Å². The van der Waals surface area contributed by atoms with Crippen LogP contribution in [0.5, 0.6) is 5.75 Å². The molecule has 1 aromatic carbocycles. The van der Waals surface area contributed by atoms with Crippen LogP contribution >= 0.6 is 22.6 Å². The number of carbonyl (C=O) groups is 1. The van der Waals surface area contributed by atoms with Crippen LogP contribution in [0.2, 0.25) is 0 Å². The molecule has 1 heterocycles. The number of hydrogen-bond acceptors (Lipinski definition) is 6. The number of nitrogens with zero attached hydrogens (tertiary/aromatic N) is 3. The maximum Gasteiger partial charge on any atom is 0.435 e. The number of aromatic nitrogens is 2. The smallest absolute Gasteiger partial charge is 0.435 e. The second-order valence-corrected chi connectivity index (χ2v) is 6.73. The number of rotatable bonds is 3. The molecular formula is C14H16IN3O5. The van der Waals surface area contributed by atoms with E-state index in [1.165, 1.54) is 12.1 Å². The largest absolute Gasteiger partial charge is 0.487 e. The third kappa shape index (κ3) is 3.71. The third-order valence-corrected chi connectivity index (χ3v) is 3.58. The number of nitro benzene ring substituents is 1. The summed E-state index contributed by atoms with van der Waals surface area (Å²) < 4.78 is 12.2. The molecule has 0 aliphatic carbocycles. The molecule has 23 heavy (non-hydrogen) atoms. The normalized spacial score (nSPS) is 11.5. The van der Waals surface area contributed by atoms with Gasteiger partial charge in [0.2, 0.25) is 0 Å². The number of halogens is 1. The van der Waals surface area contributed by atoms with Gasteiger partial charge < -0.3 is 9.47 Å². The fourth-order valence-electron chi connectivity index (χ4n) is 1.95. The predicted octanol–water partition coefficient (Wildman–Crippen LogP) is 3.73. The van der Waals surface area contributed by atoms with Crippen molar-refractivity contribution in [3.05, 3.63) is 25.9 Å². The molecule has 1 aromatic heterocycles. The molecular weight excluding hydrogens is 417 g/mol. The molecule has 0 saturated heterocycles. The first-order valence-corrected chi connectivity index (χ1v) is 7.94. The van der Waals surface area contributed by atoms with Gasteiger partial charge in [-0.15, -0.1) is 0 Å². The molecule has 9 heteroatoms. The molecule has 8 nitrogen and oxygen atoms in total. The Labute approximate surface area is 146 Å². The number of carbonyl (C=O) groups excluding carboxylic acids is 1. The van der Waals surface area contributed by atoms with E-state index in [9.17, 15) is 14.9 Å². The van der Waals surface area contributed by atoms with Crippen molar-refractivity contribution in [1.82, 2.24) is 9.78 Å². The molecule has 124 valence electrons. The monoisotopic (exact) mass is 433 g/mol. The van der Waals surface area contributed by atoms with Gasteiger partial charge >= 0.3 is 11.8 Å². The maximum atomic E-state index is 12.3. The summed E-state index contributed by atoms with van der Waals surface area (Å²) in [6, 6.07) is 2.80. The van der Waals surface area contributed by atoms with Crippen LogP contribution in [0, 0.1) is 13.8 Å². The molecule has 0 amide bonds. The van der Waals surface area contributed by atoms with E-state index in [1.807, 2.05) is 22.6 Å². The SMILES string of the molecule is CCOc1cc2c(I)nn(C(=O)OC(C)(C)C)c2cc1[N+](=O)[O-]. The molecule has 0 aliphatic rings. The summed E-state index contributed by atoms with van der Waals surface area (Å²) in [5.41, 5.74) is -0.614. The zero-order valence-electron chi connectivity index (χ0n) is 13.1. The van der Waals surface area contributed by atoms with Crippen molar-refractivity contribution < 1.29 is 19.2 Å². The van der Waals surface area contributed by atoms with E-state index in [4.69, 9.17) is 9.47 Å². The van der Waals surface area contributed by atoms with Gasteiger partial charge in [0.25, 0.3) is 0 Å². The quantitative estimate of drug-likeness (QED) is 0.416. The average molecular weight is 433 g/mol. The maximum absolute atomic E-state index is 12.3. The van der Waals surface area contributed by atoms with Crippen molar-refractivity contribution in [2.24, 2.45) is 0 Å². The predicted molar refractivity (Wildman–Crippen MR) is 91.9 cm³/mol. The Bertz CT molecular complexity index is 779. The Balaban J connectivity index is 2.63. The summed E-state index contributed by atoms with van der Waals surface area (Å²) in [5, 5.41) is 15.9. The van der Waals surface area contributed by atoms with E-state index in [-0.39, 0.29) is 11.4 Å². The lowest BCUT2D eigenvalue weighted by Crippen LogP contribution is -2.27. The van der Waals surface area contributed by atoms with Crippen molar-refractivity contribution in [1.29, 1.82) is 0 Å². The van der Waals surface area contributed by atoms with Crippen molar-refractivity contribution in [2.45, 2.75) is 33.3 Å². The molecule has 0 spiro atoms. The zero-order chi connectivity index (χ0) is 17.4. The van der Waals surface area contributed by atoms with Crippen LogP contribution in [-0.4, -0.2) is 33.0 Å². The fraction of sp³-hybridized carbons (Fsp3) is 0.429. The molecule has 0 fully saturated rings. The van der Waals surface area contributed by atoms with Gasteiger partial charge in [0.1, 0.15) is 9.30 Å². The van der Waals surface area contributed by atoms with Gasteiger partial charge in [0.15, 0.2) is 5.75 Å². The second-order valence-electron chi connectivity index (χ2n) is 5.71. The van der Waals surface area contributed by atoms with Crippen molar-refractivity contribution in [3.8, 4) is 5.75 Å². The number of hydrogen-bond donors (Lipinski definition) is 0. The number of fused-ring (bicyclic) bond motifs is 1. The van der Waals surface area contributed by atoms with Gasteiger partial charge in [0, 0.05) is 11.5 Å². The minimum atomic E-state index is -0.696. The van der Waals surface area contributed by atoms with E-state index in [2.05, 4.69) is 5.10 Å². The van der Waals surface area contributed by atoms with Crippen LogP contribution in [-0.2, 0) is 4.74 Å². The summed E-state index contributed by atoms with van der Waals surface area (Å²) in [5.74, 6) is 0.145. The lowest BCUT2D eigenvalue weighted by atomic mass is 10.2. The summed E-state index contributed by atoms with van der Waals surface area (Å²) in [4.78, 5) is 22.9. The average Bonchev–Trinajstić information content (AvgIpc) is 2.73. The highest BCUT2D eigenvalue weighted by molar-refractivity contribution is 14.1. The minimum absolute atomic E-state index is 0.145. The van der Waals surface area contributed by atoms with Gasteiger partial charge in [-0.3, -0.25) is 10.1 Å². The first kappa shape index (κ1) is 17.4. The number of nitro groups is 1. The molecule has 0 bridgehead atoms. The first-order chi connectivity index (χ1) is 10.6. The van der Waals surface area contributed by atoms with E-state index < -0.39 is 16.6 Å². The topological polar surface area (TPSA) is 96.5 Å². The molecule has 0 aliphatic heterocycles. The van der Waals surface area contributed by atoms with Crippen LogP contribution in [0.1, 0.15) is 27.7 Å². The fourth-order valence-corrected chi connectivity index (χ4v) is 2.60. The molecule has 2 aromatic rings. The Morgan fingerprint density at radius 1 is 1.43 bits per heavy atom. The number of ether oxygens (including phenoxy) is 2. The molecule has 2 rings (SSSR count). The lowest BCUT2D eigenvalue weighted by molar-refractivity contribution is -0.385. The van der Waals surface area contributed by atoms with Gasteiger partial charge in [0.05, 0.1) is 17.0 Å². The van der Waals surface area contributed by atoms with Crippen LogP contribution in [0.4, 0.5) is 10.5 Å². The van der Waals surface area contributed by atoms with Crippen molar-refractivity contribution in [3.63, 3.8) is 0 Å². The zero-order valence-corrected chi connectivity index (χ0v) is 15.3. The molecule has 0 N–H and O–H groups in total. The summed E-state index contributed by atoms with van der Waals surface area (Å²) in [7, 11) is 0. The van der Waals surface area contributed by atoms with Gasteiger partial charge in [-0.2, -0.15) is 9.78 Å². The summed E-state index contributed by atoms with van der Waals surface area (Å²) in [6.07, 6.45) is -0.691. The Morgan fingerprint density at radius 2 is 2.09 bits per heavy atom. The van der Waals surface area contributed by atoms with Crippen LogP contribution < -0.4 is 4.74 Å². The van der Waals surface area contributed by atoms with Gasteiger partial charge in [-0.1, -0.05) is 0 Å². The Morgan fingerprint density at radius 3 is 2.61 bits per heavy atom. The van der Waals surface area contributed by atoms with E-state index >= 15 is 0 Å². The molecule has 0 unspecified atom stereocenters. The Kier molecular flexibility index (Phi) is 4.78. The van der Waals surface area contributed by atoms with E-state index in [0.29, 0.717) is 21.2 Å². The summed E-state index contributed by atoms with van der Waals surface area (Å²) >= 11 is 1.96. The molecule has 0 atom stereocenters. The number of benzene rings is 1. The van der Waals surface area contributed by atoms with Crippen molar-refractivity contribution >= 4 is 45.3 Å². The van der Waals surface area contributed by atoms with Gasteiger partial charge in [-0.25, -0.2) is 4.79 Å². The molecule has 0 radical (unpaired) electrons. The van der Waals surface area contributed by atoms with E-state index in [1.54, 1.807) is 27.7 Å². The minimum Gasteiger partial charge on any atom is -0.487 e. The molecule has 0 saturated carbocycles. The van der Waals surface area contributed by atoms with E-state index in [0.717, 1.165) is 4.68 Å². The standard InChI is InChI=1S/C14H16IN3O5/c1-5-22-11-6-8-9(7-10(11)18(20)21)17(16-12(8)15)13(19)23-14(2,3)4/h6-7H,5H2,1-4H3. The van der Waals surface area contributed by atoms with Crippen LogP contribution in [0.15, 0.2) is 12.1 Å². The third-order valence-electron chi connectivity index (χ3n) is 2.78. The lowest BCUT2D eigenvalue weighted by Gasteiger charge is -2.19. The highest BCUT2D eigenvalue weighted by Crippen LogP contribution is 2.34. The second kappa shape index (κ2) is 6.30. The first-order valence-electron chi connectivity index (χ1n) is 6.87. The van der Waals surface area contributed by atoms with Crippen LogP contribution in [0.3, 0.4) is 0 Å². The highest BCUT2D eigenvalue weighted by atomic mass is 127.